The van der Waals surface area contributed by atoms with Crippen molar-refractivity contribution >= 4 is 15.9 Å². The van der Waals surface area contributed by atoms with Gasteiger partial charge in [-0.3, -0.25) is 4.79 Å². The first kappa shape index (κ1) is 16.9. The summed E-state index contributed by atoms with van der Waals surface area (Å²) in [7, 11) is -3.38. The van der Waals surface area contributed by atoms with Crippen LogP contribution in [0, 0.1) is 5.82 Å². The van der Waals surface area contributed by atoms with Gasteiger partial charge < -0.3 is 5.32 Å². The molecular weight excluding hydrogens is 307 g/mol. The van der Waals surface area contributed by atoms with E-state index < -0.39 is 16.1 Å². The van der Waals surface area contributed by atoms with Crippen molar-refractivity contribution in [3.05, 3.63) is 35.6 Å². The van der Waals surface area contributed by atoms with E-state index in [1.165, 1.54) is 16.4 Å². The molecule has 1 N–H and O–H groups in total. The molecular formula is C15H21FN2O3S. The molecule has 1 heterocycles. The van der Waals surface area contributed by atoms with E-state index in [4.69, 9.17) is 0 Å². The molecule has 1 unspecified atom stereocenters. The quantitative estimate of drug-likeness (QED) is 0.886. The minimum Gasteiger partial charge on any atom is -0.354 e. The van der Waals surface area contributed by atoms with Crippen LogP contribution in [0.2, 0.25) is 0 Å². The summed E-state index contributed by atoms with van der Waals surface area (Å²) in [5.74, 6) is -0.583. The van der Waals surface area contributed by atoms with Crippen molar-refractivity contribution in [2.75, 3.05) is 19.3 Å². The number of hydrogen-bond donors (Lipinski definition) is 1. The number of hydrogen-bond acceptors (Lipinski definition) is 3. The number of sulfonamides is 1. The molecule has 22 heavy (non-hydrogen) atoms. The number of benzene rings is 1. The third-order valence-corrected chi connectivity index (χ3v) is 5.07. The maximum Gasteiger partial charge on any atom is 0.238 e. The van der Waals surface area contributed by atoms with Crippen molar-refractivity contribution in [3.63, 3.8) is 0 Å². The van der Waals surface area contributed by atoms with Gasteiger partial charge in [-0.15, -0.1) is 0 Å². The molecule has 2 rings (SSSR count). The molecule has 1 fully saturated rings. The molecule has 1 amide bonds. The average Bonchev–Trinajstić information content (AvgIpc) is 2.46. The molecule has 1 saturated heterocycles. The molecule has 0 bridgehead atoms. The average molecular weight is 328 g/mol. The summed E-state index contributed by atoms with van der Waals surface area (Å²) in [4.78, 5) is 12.2. The maximum atomic E-state index is 13.1. The zero-order valence-electron chi connectivity index (χ0n) is 12.6. The van der Waals surface area contributed by atoms with E-state index in [1.807, 2.05) is 0 Å². The molecule has 0 saturated carbocycles. The highest BCUT2D eigenvalue weighted by Crippen LogP contribution is 2.19. The number of carbonyl (C=O) groups is 1. The van der Waals surface area contributed by atoms with E-state index in [0.717, 1.165) is 24.7 Å². The Kier molecular flexibility index (Phi) is 5.52. The Balaban J connectivity index is 1.90. The topological polar surface area (TPSA) is 66.5 Å². The molecule has 0 aromatic heterocycles. The number of nitrogens with one attached hydrogen (secondary N) is 1. The van der Waals surface area contributed by atoms with Gasteiger partial charge in [-0.1, -0.05) is 18.6 Å². The molecule has 122 valence electrons. The molecule has 1 aliphatic rings. The monoisotopic (exact) mass is 328 g/mol. The fourth-order valence-electron chi connectivity index (χ4n) is 2.70. The summed E-state index contributed by atoms with van der Waals surface area (Å²) in [5, 5.41) is 2.75. The molecule has 1 aromatic carbocycles. The number of piperidine rings is 1. The van der Waals surface area contributed by atoms with Crippen LogP contribution in [0.3, 0.4) is 0 Å². The molecule has 1 atom stereocenters. The smallest absolute Gasteiger partial charge is 0.238 e. The molecule has 0 aliphatic carbocycles. The predicted octanol–water partition coefficient (Wildman–Crippen LogP) is 1.30. The SMILES string of the molecule is CS(=O)(=O)N1CCCCC1C(=O)NCCc1cccc(F)c1. The van der Waals surface area contributed by atoms with E-state index in [9.17, 15) is 17.6 Å². The number of amides is 1. The van der Waals surface area contributed by atoms with Crippen LogP contribution < -0.4 is 5.32 Å². The van der Waals surface area contributed by atoms with Gasteiger partial charge in [0.25, 0.3) is 0 Å². The van der Waals surface area contributed by atoms with Gasteiger partial charge in [0.15, 0.2) is 0 Å². The lowest BCUT2D eigenvalue weighted by molar-refractivity contribution is -0.125. The minimum atomic E-state index is -3.38. The van der Waals surface area contributed by atoms with Gasteiger partial charge >= 0.3 is 0 Å². The lowest BCUT2D eigenvalue weighted by Crippen LogP contribution is -2.51. The number of rotatable bonds is 5. The first-order valence-corrected chi connectivity index (χ1v) is 9.22. The van der Waals surface area contributed by atoms with Crippen LogP contribution in [0.1, 0.15) is 24.8 Å². The zero-order chi connectivity index (χ0) is 16.2. The predicted molar refractivity (Wildman–Crippen MR) is 82.3 cm³/mol. The molecule has 0 spiro atoms. The van der Waals surface area contributed by atoms with E-state index in [-0.39, 0.29) is 11.7 Å². The van der Waals surface area contributed by atoms with Crippen LogP contribution in [0.4, 0.5) is 4.39 Å². The highest BCUT2D eigenvalue weighted by atomic mass is 32.2. The van der Waals surface area contributed by atoms with Crippen LogP contribution in [0.5, 0.6) is 0 Å². The summed E-state index contributed by atoms with van der Waals surface area (Å²) in [6.07, 6.45) is 3.80. The van der Waals surface area contributed by atoms with Crippen molar-refractivity contribution in [3.8, 4) is 0 Å². The van der Waals surface area contributed by atoms with Crippen LogP contribution in [0.25, 0.3) is 0 Å². The van der Waals surface area contributed by atoms with Crippen molar-refractivity contribution in [2.45, 2.75) is 31.7 Å². The zero-order valence-corrected chi connectivity index (χ0v) is 13.4. The third kappa shape index (κ3) is 4.51. The number of halogens is 1. The summed E-state index contributed by atoms with van der Waals surface area (Å²) in [5.41, 5.74) is 0.795. The van der Waals surface area contributed by atoms with Gasteiger partial charge in [-0.05, 0) is 37.0 Å². The fraction of sp³-hybridized carbons (Fsp3) is 0.533. The highest BCUT2D eigenvalue weighted by molar-refractivity contribution is 7.88. The maximum absolute atomic E-state index is 13.1. The Hall–Kier alpha value is -1.47. The second-order valence-electron chi connectivity index (χ2n) is 5.56. The van der Waals surface area contributed by atoms with Gasteiger partial charge in [-0.25, -0.2) is 12.8 Å². The van der Waals surface area contributed by atoms with Gasteiger partial charge in [0.2, 0.25) is 15.9 Å². The first-order valence-electron chi connectivity index (χ1n) is 7.37. The van der Waals surface area contributed by atoms with Gasteiger partial charge in [0.05, 0.1) is 6.26 Å². The Morgan fingerprint density at radius 1 is 1.41 bits per heavy atom. The Labute approximate surface area is 130 Å². The Morgan fingerprint density at radius 2 is 2.18 bits per heavy atom. The second kappa shape index (κ2) is 7.19. The van der Waals surface area contributed by atoms with Crippen molar-refractivity contribution < 1.29 is 17.6 Å². The fourth-order valence-corrected chi connectivity index (χ4v) is 3.83. The lowest BCUT2D eigenvalue weighted by atomic mass is 10.0. The molecule has 1 aromatic rings. The minimum absolute atomic E-state index is 0.276. The molecule has 5 nitrogen and oxygen atoms in total. The number of nitrogens with zero attached hydrogens (tertiary/aromatic N) is 1. The van der Waals surface area contributed by atoms with Gasteiger partial charge in [-0.2, -0.15) is 4.31 Å². The molecule has 1 aliphatic heterocycles. The summed E-state index contributed by atoms with van der Waals surface area (Å²) >= 11 is 0. The highest BCUT2D eigenvalue weighted by Gasteiger charge is 2.34. The van der Waals surface area contributed by atoms with Crippen LogP contribution in [-0.2, 0) is 21.2 Å². The van der Waals surface area contributed by atoms with Crippen LogP contribution in [0.15, 0.2) is 24.3 Å². The van der Waals surface area contributed by atoms with Crippen molar-refractivity contribution in [1.82, 2.24) is 9.62 Å². The summed E-state index contributed by atoms with van der Waals surface area (Å²) in [6, 6.07) is 5.58. The number of carbonyl (C=O) groups excluding carboxylic acids is 1. The van der Waals surface area contributed by atoms with Crippen LogP contribution >= 0.6 is 0 Å². The second-order valence-corrected chi connectivity index (χ2v) is 7.49. The van der Waals surface area contributed by atoms with E-state index in [1.54, 1.807) is 12.1 Å². The first-order chi connectivity index (χ1) is 10.4. The Bertz CT molecular complexity index is 633. The normalized spacial score (nSPS) is 19.8. The third-order valence-electron chi connectivity index (χ3n) is 3.78. The van der Waals surface area contributed by atoms with E-state index in [2.05, 4.69) is 5.32 Å². The standard InChI is InChI=1S/C15H21FN2O3S/c1-22(20,21)18-10-3-2-7-14(18)15(19)17-9-8-12-5-4-6-13(16)11-12/h4-6,11,14H,2-3,7-10H2,1H3,(H,17,19). The van der Waals surface area contributed by atoms with Crippen LogP contribution in [-0.4, -0.2) is 44.0 Å². The van der Waals surface area contributed by atoms with Crippen molar-refractivity contribution in [2.24, 2.45) is 0 Å². The lowest BCUT2D eigenvalue weighted by Gasteiger charge is -2.32. The van der Waals surface area contributed by atoms with Gasteiger partial charge in [0, 0.05) is 13.1 Å². The summed E-state index contributed by atoms with van der Waals surface area (Å²) < 4.78 is 37.8. The molecule has 7 heteroatoms. The summed E-state index contributed by atoms with van der Waals surface area (Å²) in [6.45, 7) is 0.747. The van der Waals surface area contributed by atoms with Crippen molar-refractivity contribution in [1.29, 1.82) is 0 Å². The van der Waals surface area contributed by atoms with Gasteiger partial charge in [0.1, 0.15) is 11.9 Å². The molecule has 0 radical (unpaired) electrons. The van der Waals surface area contributed by atoms with E-state index in [0.29, 0.717) is 25.9 Å². The largest absolute Gasteiger partial charge is 0.354 e. The van der Waals surface area contributed by atoms with E-state index >= 15 is 0 Å². The Morgan fingerprint density at radius 3 is 2.86 bits per heavy atom.